The molecule has 4 aromatic rings. The van der Waals surface area contributed by atoms with E-state index in [1.54, 1.807) is 36.4 Å². The topological polar surface area (TPSA) is 28.7 Å². The molecule has 0 unspecified atom stereocenters. The molecule has 0 atom stereocenters. The van der Waals surface area contributed by atoms with Crippen molar-refractivity contribution >= 4 is 22.6 Å². The summed E-state index contributed by atoms with van der Waals surface area (Å²) in [4.78, 5) is 0. The first-order valence-corrected chi connectivity index (χ1v) is 8.85. The van der Waals surface area contributed by atoms with Gasteiger partial charge in [-0.15, -0.1) is 0 Å². The maximum atomic E-state index is 14.1. The Morgan fingerprint density at radius 2 is 1.64 bits per heavy atom. The number of nitriles is 1. The molecule has 0 spiro atoms. The van der Waals surface area contributed by atoms with Gasteiger partial charge in [0.05, 0.1) is 11.6 Å². The molecule has 1 aromatic heterocycles. The molecule has 0 aliphatic heterocycles. The van der Waals surface area contributed by atoms with Crippen LogP contribution in [0.3, 0.4) is 0 Å². The minimum atomic E-state index is -0.426. The van der Waals surface area contributed by atoms with Crippen molar-refractivity contribution in [2.75, 3.05) is 0 Å². The van der Waals surface area contributed by atoms with Crippen molar-refractivity contribution in [1.29, 1.82) is 5.26 Å². The van der Waals surface area contributed by atoms with Gasteiger partial charge in [-0.1, -0.05) is 48.5 Å². The molecule has 0 aliphatic carbocycles. The normalized spacial score (nSPS) is 11.5. The van der Waals surface area contributed by atoms with Gasteiger partial charge in [-0.3, -0.25) is 0 Å². The smallest absolute Gasteiger partial charge is 0.131 e. The summed E-state index contributed by atoms with van der Waals surface area (Å²) in [5, 5.41) is 10.5. The quantitative estimate of drug-likeness (QED) is 0.403. The van der Waals surface area contributed by atoms with Crippen LogP contribution < -0.4 is 0 Å². The number of nitrogens with zero attached hydrogens (tertiary/aromatic N) is 2. The Kier molecular flexibility index (Phi) is 4.74. The van der Waals surface area contributed by atoms with E-state index in [-0.39, 0.29) is 17.0 Å². The summed E-state index contributed by atoms with van der Waals surface area (Å²) < 4.78 is 29.4. The van der Waals surface area contributed by atoms with Crippen LogP contribution in [-0.4, -0.2) is 4.57 Å². The molecule has 136 valence electrons. The fraction of sp³-hybridized carbons (Fsp3) is 0.0417. The highest BCUT2D eigenvalue weighted by molar-refractivity contribution is 5.98. The number of hydrogen-bond donors (Lipinski definition) is 0. The van der Waals surface area contributed by atoms with E-state index in [2.05, 4.69) is 6.07 Å². The van der Waals surface area contributed by atoms with Gasteiger partial charge < -0.3 is 4.57 Å². The molecule has 0 radical (unpaired) electrons. The highest BCUT2D eigenvalue weighted by Gasteiger charge is 2.11. The Hall–Kier alpha value is -3.71. The summed E-state index contributed by atoms with van der Waals surface area (Å²) in [6, 6.07) is 22.6. The number of rotatable bonds is 4. The Morgan fingerprint density at radius 1 is 0.929 bits per heavy atom. The second-order valence-electron chi connectivity index (χ2n) is 6.51. The standard InChI is InChI=1S/C24H16F2N2/c25-20-11-9-17(10-12-20)15-28-16-19(22-6-2-4-8-24(22)28)13-18(14-27)21-5-1-3-7-23(21)26/h1-13,16H,15H2/b18-13+. The first kappa shape index (κ1) is 17.7. The van der Waals surface area contributed by atoms with Crippen LogP contribution >= 0.6 is 0 Å². The lowest BCUT2D eigenvalue weighted by Gasteiger charge is -2.05. The molecule has 0 saturated carbocycles. The molecule has 28 heavy (non-hydrogen) atoms. The van der Waals surface area contributed by atoms with Gasteiger partial charge in [-0.05, 0) is 35.9 Å². The second kappa shape index (κ2) is 7.50. The molecule has 0 N–H and O–H groups in total. The summed E-state index contributed by atoms with van der Waals surface area (Å²) >= 11 is 0. The number of halogens is 2. The zero-order chi connectivity index (χ0) is 19.5. The predicted octanol–water partition coefficient (Wildman–Crippen LogP) is 6.03. The monoisotopic (exact) mass is 370 g/mol. The molecular formula is C24H16F2N2. The first-order chi connectivity index (χ1) is 13.7. The van der Waals surface area contributed by atoms with Gasteiger partial charge in [0.25, 0.3) is 0 Å². The number of hydrogen-bond acceptors (Lipinski definition) is 1. The van der Waals surface area contributed by atoms with Crippen LogP contribution in [-0.2, 0) is 6.54 Å². The largest absolute Gasteiger partial charge is 0.342 e. The van der Waals surface area contributed by atoms with Gasteiger partial charge in [0.1, 0.15) is 11.6 Å². The van der Waals surface area contributed by atoms with Crippen LogP contribution in [0, 0.1) is 23.0 Å². The van der Waals surface area contributed by atoms with Crippen molar-refractivity contribution in [1.82, 2.24) is 4.57 Å². The highest BCUT2D eigenvalue weighted by Crippen LogP contribution is 2.27. The highest BCUT2D eigenvalue weighted by atomic mass is 19.1. The molecule has 2 nitrogen and oxygen atoms in total. The molecule has 4 rings (SSSR count). The van der Waals surface area contributed by atoms with Crippen LogP contribution in [0.25, 0.3) is 22.6 Å². The molecule has 0 bridgehead atoms. The Balaban J connectivity index is 1.81. The van der Waals surface area contributed by atoms with Crippen molar-refractivity contribution in [2.24, 2.45) is 0 Å². The average Bonchev–Trinajstić information content (AvgIpc) is 3.06. The lowest BCUT2D eigenvalue weighted by molar-refractivity contribution is 0.624. The van der Waals surface area contributed by atoms with Crippen molar-refractivity contribution in [3.05, 3.63) is 107 Å². The van der Waals surface area contributed by atoms with Crippen LogP contribution in [0.4, 0.5) is 8.78 Å². The van der Waals surface area contributed by atoms with E-state index < -0.39 is 5.82 Å². The molecule has 0 amide bonds. The molecule has 3 aromatic carbocycles. The third-order valence-corrected chi connectivity index (χ3v) is 4.67. The Labute approximate surface area is 161 Å². The van der Waals surface area contributed by atoms with E-state index in [1.165, 1.54) is 18.2 Å². The molecule has 1 heterocycles. The molecule has 0 fully saturated rings. The van der Waals surface area contributed by atoms with Gasteiger partial charge in [-0.25, -0.2) is 8.78 Å². The lowest BCUT2D eigenvalue weighted by atomic mass is 10.0. The third-order valence-electron chi connectivity index (χ3n) is 4.67. The molecule has 0 aliphatic rings. The summed E-state index contributed by atoms with van der Waals surface area (Å²) in [7, 11) is 0. The van der Waals surface area contributed by atoms with Crippen molar-refractivity contribution < 1.29 is 8.78 Å². The van der Waals surface area contributed by atoms with Gasteiger partial charge in [0.15, 0.2) is 0 Å². The van der Waals surface area contributed by atoms with E-state index >= 15 is 0 Å². The maximum Gasteiger partial charge on any atom is 0.131 e. The van der Waals surface area contributed by atoms with Gasteiger partial charge >= 0.3 is 0 Å². The summed E-state index contributed by atoms with van der Waals surface area (Å²) in [5.74, 6) is -0.696. The predicted molar refractivity (Wildman–Crippen MR) is 107 cm³/mol. The summed E-state index contributed by atoms with van der Waals surface area (Å²) in [6.07, 6.45) is 3.65. The van der Waals surface area contributed by atoms with Crippen LogP contribution in [0.15, 0.2) is 79.0 Å². The molecule has 4 heteroatoms. The number of allylic oxidation sites excluding steroid dienone is 1. The van der Waals surface area contributed by atoms with Crippen LogP contribution in [0.5, 0.6) is 0 Å². The number of fused-ring (bicyclic) bond motifs is 1. The summed E-state index contributed by atoms with van der Waals surface area (Å²) in [6.45, 7) is 0.566. The fourth-order valence-corrected chi connectivity index (χ4v) is 3.31. The number of para-hydroxylation sites is 1. The Bertz CT molecular complexity index is 1210. The minimum absolute atomic E-state index is 0.266. The van der Waals surface area contributed by atoms with Gasteiger partial charge in [0, 0.05) is 34.8 Å². The van der Waals surface area contributed by atoms with Crippen LogP contribution in [0.2, 0.25) is 0 Å². The van der Waals surface area contributed by atoms with E-state index in [1.807, 2.05) is 35.0 Å². The second-order valence-corrected chi connectivity index (χ2v) is 6.51. The van der Waals surface area contributed by atoms with E-state index in [4.69, 9.17) is 0 Å². The van der Waals surface area contributed by atoms with Crippen molar-refractivity contribution in [2.45, 2.75) is 6.54 Å². The molecular weight excluding hydrogens is 354 g/mol. The van der Waals surface area contributed by atoms with Crippen molar-refractivity contribution in [3.63, 3.8) is 0 Å². The zero-order valence-electron chi connectivity index (χ0n) is 14.9. The van der Waals surface area contributed by atoms with Gasteiger partial charge in [0.2, 0.25) is 0 Å². The third kappa shape index (κ3) is 3.43. The fourth-order valence-electron chi connectivity index (χ4n) is 3.31. The summed E-state index contributed by atoms with van der Waals surface area (Å²) in [5.41, 5.74) is 3.33. The number of aromatic nitrogens is 1. The van der Waals surface area contributed by atoms with Crippen LogP contribution in [0.1, 0.15) is 16.7 Å². The number of benzene rings is 3. The first-order valence-electron chi connectivity index (χ1n) is 8.85. The Morgan fingerprint density at radius 3 is 2.39 bits per heavy atom. The van der Waals surface area contributed by atoms with E-state index in [0.29, 0.717) is 6.54 Å². The van der Waals surface area contributed by atoms with E-state index in [9.17, 15) is 14.0 Å². The maximum absolute atomic E-state index is 14.1. The van der Waals surface area contributed by atoms with Gasteiger partial charge in [-0.2, -0.15) is 5.26 Å². The molecule has 0 saturated heterocycles. The van der Waals surface area contributed by atoms with Crippen molar-refractivity contribution in [3.8, 4) is 6.07 Å². The zero-order valence-corrected chi connectivity index (χ0v) is 14.9. The SMILES string of the molecule is N#C/C(=C\c1cn(Cc2ccc(F)cc2)c2ccccc12)c1ccccc1F. The minimum Gasteiger partial charge on any atom is -0.342 e. The average molecular weight is 370 g/mol. The lowest BCUT2D eigenvalue weighted by Crippen LogP contribution is -1.97. The van der Waals surface area contributed by atoms with E-state index in [0.717, 1.165) is 22.0 Å².